The molecule has 0 saturated carbocycles. The molecule has 1 N–H and O–H groups in total. The maximum atomic E-state index is 12.2. The standard InChI is InChI=1S/C16H19F3N2O3/c17-16(18,19)10-21-8-12(9-21)15(22)20-4-3-11-1-2-13-14(7-11)24-6-5-23-13/h1-2,7,12H,3-6,8-10H2,(H,20,22). The zero-order valence-electron chi connectivity index (χ0n) is 13.1. The van der Waals surface area contributed by atoms with Gasteiger partial charge in [-0.3, -0.25) is 9.69 Å². The first-order valence-corrected chi connectivity index (χ1v) is 7.86. The second-order valence-corrected chi connectivity index (χ2v) is 6.03. The van der Waals surface area contributed by atoms with Gasteiger partial charge in [0, 0.05) is 19.6 Å². The second-order valence-electron chi connectivity index (χ2n) is 6.03. The van der Waals surface area contributed by atoms with E-state index in [4.69, 9.17) is 9.47 Å². The van der Waals surface area contributed by atoms with Gasteiger partial charge in [-0.2, -0.15) is 13.2 Å². The fraction of sp³-hybridized carbons (Fsp3) is 0.562. The number of nitrogens with zero attached hydrogens (tertiary/aromatic N) is 1. The Morgan fingerprint density at radius 2 is 1.92 bits per heavy atom. The van der Waals surface area contributed by atoms with Crippen molar-refractivity contribution in [3.63, 3.8) is 0 Å². The average Bonchev–Trinajstić information content (AvgIpc) is 2.49. The van der Waals surface area contributed by atoms with E-state index in [0.717, 1.165) is 5.56 Å². The monoisotopic (exact) mass is 344 g/mol. The third-order valence-corrected chi connectivity index (χ3v) is 4.05. The minimum absolute atomic E-state index is 0.162. The van der Waals surface area contributed by atoms with Crippen molar-refractivity contribution in [3.8, 4) is 11.5 Å². The molecule has 0 bridgehead atoms. The molecule has 1 aromatic carbocycles. The lowest BCUT2D eigenvalue weighted by molar-refractivity contribution is -0.163. The number of carbonyl (C=O) groups is 1. The van der Waals surface area contributed by atoms with Gasteiger partial charge in [0.2, 0.25) is 5.91 Å². The van der Waals surface area contributed by atoms with Gasteiger partial charge in [-0.15, -0.1) is 0 Å². The lowest BCUT2D eigenvalue weighted by atomic mass is 9.99. The zero-order valence-corrected chi connectivity index (χ0v) is 13.1. The van der Waals surface area contributed by atoms with E-state index in [1.54, 1.807) is 0 Å². The summed E-state index contributed by atoms with van der Waals surface area (Å²) >= 11 is 0. The molecule has 1 aromatic rings. The van der Waals surface area contributed by atoms with Gasteiger partial charge in [-0.25, -0.2) is 0 Å². The molecule has 2 aliphatic rings. The van der Waals surface area contributed by atoms with E-state index in [2.05, 4.69) is 5.32 Å². The summed E-state index contributed by atoms with van der Waals surface area (Å²) in [5.41, 5.74) is 1.01. The predicted octanol–water partition coefficient (Wildman–Crippen LogP) is 1.61. The number of amides is 1. The second kappa shape index (κ2) is 6.88. The summed E-state index contributed by atoms with van der Waals surface area (Å²) in [4.78, 5) is 13.1. The van der Waals surface area contributed by atoms with Crippen LogP contribution in [-0.4, -0.2) is 56.4 Å². The summed E-state index contributed by atoms with van der Waals surface area (Å²) in [5, 5.41) is 2.78. The number of hydrogen-bond donors (Lipinski definition) is 1. The Bertz CT molecular complexity index is 601. The van der Waals surface area contributed by atoms with E-state index in [9.17, 15) is 18.0 Å². The van der Waals surface area contributed by atoms with E-state index < -0.39 is 12.7 Å². The molecule has 24 heavy (non-hydrogen) atoms. The van der Waals surface area contributed by atoms with E-state index >= 15 is 0 Å². The van der Waals surface area contributed by atoms with E-state index in [1.165, 1.54) is 4.90 Å². The molecule has 5 nitrogen and oxygen atoms in total. The molecule has 0 unspecified atom stereocenters. The van der Waals surface area contributed by atoms with Crippen LogP contribution in [0.4, 0.5) is 13.2 Å². The molecule has 0 atom stereocenters. The number of fused-ring (bicyclic) bond motifs is 1. The molecule has 1 fully saturated rings. The van der Waals surface area contributed by atoms with Crippen LogP contribution < -0.4 is 14.8 Å². The Kier molecular flexibility index (Phi) is 4.84. The highest BCUT2D eigenvalue weighted by atomic mass is 19.4. The summed E-state index contributed by atoms with van der Waals surface area (Å²) in [7, 11) is 0. The van der Waals surface area contributed by atoms with Gasteiger partial charge >= 0.3 is 6.18 Å². The van der Waals surface area contributed by atoms with Crippen molar-refractivity contribution in [2.24, 2.45) is 5.92 Å². The Hall–Kier alpha value is -1.96. The fourth-order valence-electron chi connectivity index (χ4n) is 2.84. The SMILES string of the molecule is O=C(NCCc1ccc2c(c1)OCCO2)C1CN(CC(F)(F)F)C1. The Morgan fingerprint density at radius 1 is 1.21 bits per heavy atom. The predicted molar refractivity (Wildman–Crippen MR) is 80.1 cm³/mol. The molecule has 0 aromatic heterocycles. The first kappa shape index (κ1) is 16.9. The Morgan fingerprint density at radius 3 is 2.62 bits per heavy atom. The van der Waals surface area contributed by atoms with Crippen LogP contribution in [0.1, 0.15) is 5.56 Å². The maximum Gasteiger partial charge on any atom is 0.401 e. The Labute approximate surface area is 137 Å². The van der Waals surface area contributed by atoms with Gasteiger partial charge in [-0.05, 0) is 24.1 Å². The number of ether oxygens (including phenoxy) is 2. The van der Waals surface area contributed by atoms with Crippen molar-refractivity contribution in [1.82, 2.24) is 10.2 Å². The topological polar surface area (TPSA) is 50.8 Å². The number of alkyl halides is 3. The smallest absolute Gasteiger partial charge is 0.401 e. The molecule has 0 spiro atoms. The van der Waals surface area contributed by atoms with Gasteiger partial charge in [0.05, 0.1) is 12.5 Å². The van der Waals surface area contributed by atoms with Crippen LogP contribution in [0.5, 0.6) is 11.5 Å². The largest absolute Gasteiger partial charge is 0.486 e. The molecule has 2 heterocycles. The zero-order chi connectivity index (χ0) is 17.2. The quantitative estimate of drug-likeness (QED) is 0.882. The van der Waals surface area contributed by atoms with Crippen LogP contribution in [0.25, 0.3) is 0 Å². The van der Waals surface area contributed by atoms with Crippen molar-refractivity contribution < 1.29 is 27.4 Å². The molecular weight excluding hydrogens is 325 g/mol. The third-order valence-electron chi connectivity index (χ3n) is 4.05. The van der Waals surface area contributed by atoms with Crippen molar-refractivity contribution in [2.75, 3.05) is 39.4 Å². The summed E-state index contributed by atoms with van der Waals surface area (Å²) in [5.74, 6) is 0.874. The van der Waals surface area contributed by atoms with Gasteiger partial charge < -0.3 is 14.8 Å². The highest BCUT2D eigenvalue weighted by Crippen LogP contribution is 2.30. The molecule has 8 heteroatoms. The van der Waals surface area contributed by atoms with Crippen molar-refractivity contribution in [1.29, 1.82) is 0 Å². The Balaban J connectivity index is 1.39. The minimum atomic E-state index is -4.21. The lowest BCUT2D eigenvalue weighted by Gasteiger charge is -2.38. The molecular formula is C16H19F3N2O3. The van der Waals surface area contributed by atoms with Gasteiger partial charge in [0.1, 0.15) is 13.2 Å². The molecule has 0 aliphatic carbocycles. The highest BCUT2D eigenvalue weighted by molar-refractivity contribution is 5.80. The first-order valence-electron chi connectivity index (χ1n) is 7.86. The summed E-state index contributed by atoms with van der Waals surface area (Å²) < 4.78 is 47.6. The van der Waals surface area contributed by atoms with Crippen molar-refractivity contribution in [3.05, 3.63) is 23.8 Å². The van der Waals surface area contributed by atoms with Crippen LogP contribution >= 0.6 is 0 Å². The van der Waals surface area contributed by atoms with Crippen LogP contribution in [0.2, 0.25) is 0 Å². The number of hydrogen-bond acceptors (Lipinski definition) is 4. The third kappa shape index (κ3) is 4.31. The molecule has 1 saturated heterocycles. The van der Waals surface area contributed by atoms with Gasteiger partial charge in [0.25, 0.3) is 0 Å². The van der Waals surface area contributed by atoms with E-state index in [-0.39, 0.29) is 24.9 Å². The molecule has 132 valence electrons. The number of nitrogens with one attached hydrogen (secondary N) is 1. The number of carbonyl (C=O) groups excluding carboxylic acids is 1. The average molecular weight is 344 g/mol. The first-order chi connectivity index (χ1) is 11.4. The fourth-order valence-corrected chi connectivity index (χ4v) is 2.84. The van der Waals surface area contributed by atoms with E-state index in [1.807, 2.05) is 18.2 Å². The van der Waals surface area contributed by atoms with Gasteiger partial charge in [-0.1, -0.05) is 6.07 Å². The number of halogens is 3. The summed E-state index contributed by atoms with van der Waals surface area (Å²) in [6, 6.07) is 5.63. The van der Waals surface area contributed by atoms with Crippen molar-refractivity contribution in [2.45, 2.75) is 12.6 Å². The number of rotatable bonds is 5. The summed E-state index contributed by atoms with van der Waals surface area (Å²) in [6.45, 7) is 0.866. The molecule has 1 amide bonds. The van der Waals surface area contributed by atoms with Crippen LogP contribution in [0, 0.1) is 5.92 Å². The lowest BCUT2D eigenvalue weighted by Crippen LogP contribution is -2.56. The normalized spacial score (nSPS) is 18.1. The molecule has 0 radical (unpaired) electrons. The number of likely N-dealkylation sites (tertiary alicyclic amines) is 1. The maximum absolute atomic E-state index is 12.2. The number of benzene rings is 1. The minimum Gasteiger partial charge on any atom is -0.486 e. The van der Waals surface area contributed by atoms with Gasteiger partial charge in [0.15, 0.2) is 11.5 Å². The van der Waals surface area contributed by atoms with Crippen molar-refractivity contribution >= 4 is 5.91 Å². The van der Waals surface area contributed by atoms with E-state index in [0.29, 0.717) is 37.7 Å². The summed E-state index contributed by atoms with van der Waals surface area (Å²) in [6.07, 6.45) is -3.58. The molecule has 2 aliphatic heterocycles. The highest BCUT2D eigenvalue weighted by Gasteiger charge is 2.39. The van der Waals surface area contributed by atoms with Crippen LogP contribution in [-0.2, 0) is 11.2 Å². The van der Waals surface area contributed by atoms with Crippen LogP contribution in [0.3, 0.4) is 0 Å². The van der Waals surface area contributed by atoms with Crippen LogP contribution in [0.15, 0.2) is 18.2 Å². The molecule has 3 rings (SSSR count).